The molecule has 0 saturated heterocycles. The first-order chi connectivity index (χ1) is 13.1. The molecule has 0 aliphatic heterocycles. The number of aromatic amines is 1. The van der Waals surface area contributed by atoms with E-state index in [1.807, 2.05) is 25.1 Å². The SMILES string of the molecule is Cc1nc(COc2ccc(Cl)cc2)sc1C(=O)Nc1cccc2cn[nH]c12. The molecule has 27 heavy (non-hydrogen) atoms. The van der Waals surface area contributed by atoms with Crippen LogP contribution in [0.4, 0.5) is 5.69 Å². The highest BCUT2D eigenvalue weighted by molar-refractivity contribution is 7.13. The van der Waals surface area contributed by atoms with Gasteiger partial charge in [0, 0.05) is 10.4 Å². The third-order valence-electron chi connectivity index (χ3n) is 3.95. The summed E-state index contributed by atoms with van der Waals surface area (Å²) in [6.07, 6.45) is 1.72. The summed E-state index contributed by atoms with van der Waals surface area (Å²) in [4.78, 5) is 17.7. The molecule has 0 aliphatic carbocycles. The Labute approximate surface area is 164 Å². The van der Waals surface area contributed by atoms with E-state index < -0.39 is 0 Å². The van der Waals surface area contributed by atoms with E-state index in [-0.39, 0.29) is 12.5 Å². The fourth-order valence-corrected chi connectivity index (χ4v) is 3.65. The van der Waals surface area contributed by atoms with Crippen LogP contribution in [0, 0.1) is 6.92 Å². The summed E-state index contributed by atoms with van der Waals surface area (Å²) in [6.45, 7) is 2.10. The molecular weight excluding hydrogens is 384 g/mol. The normalized spacial score (nSPS) is 10.9. The lowest BCUT2D eigenvalue weighted by molar-refractivity contribution is 0.103. The molecule has 8 heteroatoms. The number of amides is 1. The number of nitrogens with zero attached hydrogens (tertiary/aromatic N) is 2. The first-order valence-corrected chi connectivity index (χ1v) is 9.38. The van der Waals surface area contributed by atoms with E-state index in [0.29, 0.717) is 27.0 Å². The summed E-state index contributed by atoms with van der Waals surface area (Å²) in [7, 11) is 0. The molecular formula is C19H15ClN4O2S. The predicted molar refractivity (Wildman–Crippen MR) is 107 cm³/mol. The Hall–Kier alpha value is -2.90. The number of thiazole rings is 1. The number of aryl methyl sites for hydroxylation is 1. The molecule has 0 fully saturated rings. The number of hydrogen-bond acceptors (Lipinski definition) is 5. The highest BCUT2D eigenvalue weighted by Crippen LogP contribution is 2.25. The minimum absolute atomic E-state index is 0.204. The number of para-hydroxylation sites is 1. The van der Waals surface area contributed by atoms with Crippen molar-refractivity contribution < 1.29 is 9.53 Å². The van der Waals surface area contributed by atoms with E-state index in [4.69, 9.17) is 16.3 Å². The highest BCUT2D eigenvalue weighted by atomic mass is 35.5. The number of nitrogens with one attached hydrogen (secondary N) is 2. The van der Waals surface area contributed by atoms with Crippen LogP contribution < -0.4 is 10.1 Å². The monoisotopic (exact) mass is 398 g/mol. The molecule has 1 amide bonds. The molecule has 2 heterocycles. The number of benzene rings is 2. The summed E-state index contributed by atoms with van der Waals surface area (Å²) in [6, 6.07) is 12.7. The van der Waals surface area contributed by atoms with E-state index in [1.54, 1.807) is 30.5 Å². The van der Waals surface area contributed by atoms with Crippen LogP contribution in [0.5, 0.6) is 5.75 Å². The van der Waals surface area contributed by atoms with Crippen molar-refractivity contribution in [3.8, 4) is 5.75 Å². The van der Waals surface area contributed by atoms with E-state index in [1.165, 1.54) is 11.3 Å². The van der Waals surface area contributed by atoms with Crippen molar-refractivity contribution in [1.82, 2.24) is 15.2 Å². The smallest absolute Gasteiger partial charge is 0.267 e. The maximum atomic E-state index is 12.7. The van der Waals surface area contributed by atoms with Gasteiger partial charge in [0.25, 0.3) is 5.91 Å². The summed E-state index contributed by atoms with van der Waals surface area (Å²) < 4.78 is 5.70. The van der Waals surface area contributed by atoms with Crippen molar-refractivity contribution in [1.29, 1.82) is 0 Å². The third-order valence-corrected chi connectivity index (χ3v) is 5.33. The molecule has 2 aromatic carbocycles. The Morgan fingerprint density at radius 2 is 2.07 bits per heavy atom. The maximum Gasteiger partial charge on any atom is 0.267 e. The van der Waals surface area contributed by atoms with Gasteiger partial charge in [-0.1, -0.05) is 23.7 Å². The number of halogens is 1. The largest absolute Gasteiger partial charge is 0.486 e. The van der Waals surface area contributed by atoms with Gasteiger partial charge in [0.2, 0.25) is 0 Å². The van der Waals surface area contributed by atoms with E-state index >= 15 is 0 Å². The van der Waals surface area contributed by atoms with Crippen LogP contribution in [0.2, 0.25) is 5.02 Å². The van der Waals surface area contributed by atoms with Crippen LogP contribution in [0.3, 0.4) is 0 Å². The van der Waals surface area contributed by atoms with Gasteiger partial charge in [-0.3, -0.25) is 9.89 Å². The summed E-state index contributed by atoms with van der Waals surface area (Å²) in [5.74, 6) is 0.494. The molecule has 2 aromatic heterocycles. The van der Waals surface area contributed by atoms with Crippen molar-refractivity contribution >= 4 is 45.4 Å². The average Bonchev–Trinajstić information content (AvgIpc) is 3.28. The van der Waals surface area contributed by atoms with E-state index in [2.05, 4.69) is 20.5 Å². The Bertz CT molecular complexity index is 1100. The summed E-state index contributed by atoms with van der Waals surface area (Å²) in [5, 5.41) is 12.2. The van der Waals surface area contributed by atoms with Crippen molar-refractivity contribution in [3.63, 3.8) is 0 Å². The minimum Gasteiger partial charge on any atom is -0.486 e. The van der Waals surface area contributed by atoms with Crippen molar-refractivity contribution in [2.45, 2.75) is 13.5 Å². The number of carbonyl (C=O) groups excluding carboxylic acids is 1. The number of aromatic nitrogens is 3. The molecule has 4 aromatic rings. The van der Waals surface area contributed by atoms with Gasteiger partial charge in [-0.2, -0.15) is 5.10 Å². The van der Waals surface area contributed by atoms with E-state index in [0.717, 1.165) is 15.9 Å². The lowest BCUT2D eigenvalue weighted by atomic mass is 10.2. The summed E-state index contributed by atoms with van der Waals surface area (Å²) in [5.41, 5.74) is 2.14. The van der Waals surface area contributed by atoms with Crippen LogP contribution in [0.1, 0.15) is 20.4 Å². The van der Waals surface area contributed by atoms with Crippen LogP contribution in [0.25, 0.3) is 10.9 Å². The molecule has 6 nitrogen and oxygen atoms in total. The van der Waals surface area contributed by atoms with Crippen LogP contribution in [0.15, 0.2) is 48.7 Å². The lowest BCUT2D eigenvalue weighted by Gasteiger charge is -2.05. The molecule has 0 bridgehead atoms. The molecule has 0 aliphatic rings. The zero-order valence-electron chi connectivity index (χ0n) is 14.3. The van der Waals surface area contributed by atoms with Gasteiger partial charge in [-0.05, 0) is 37.3 Å². The average molecular weight is 399 g/mol. The predicted octanol–water partition coefficient (Wildman–Crippen LogP) is 4.81. The number of carbonyl (C=O) groups is 1. The van der Waals surface area contributed by atoms with E-state index in [9.17, 15) is 4.79 Å². The Kier molecular flexibility index (Phi) is 4.79. The van der Waals surface area contributed by atoms with Crippen molar-refractivity contribution in [2.24, 2.45) is 0 Å². The van der Waals surface area contributed by atoms with Crippen LogP contribution in [-0.4, -0.2) is 21.1 Å². The summed E-state index contributed by atoms with van der Waals surface area (Å²) >= 11 is 7.18. The lowest BCUT2D eigenvalue weighted by Crippen LogP contribution is -2.11. The number of ether oxygens (including phenoxy) is 1. The zero-order valence-corrected chi connectivity index (χ0v) is 15.9. The van der Waals surface area contributed by atoms with Gasteiger partial charge in [-0.15, -0.1) is 11.3 Å². The third kappa shape index (κ3) is 3.79. The number of fused-ring (bicyclic) bond motifs is 1. The molecule has 0 atom stereocenters. The number of hydrogen-bond donors (Lipinski definition) is 2. The Morgan fingerprint density at radius 1 is 1.26 bits per heavy atom. The number of anilines is 1. The van der Waals surface area contributed by atoms with Crippen LogP contribution >= 0.6 is 22.9 Å². The van der Waals surface area contributed by atoms with Gasteiger partial charge in [0.15, 0.2) is 0 Å². The fourth-order valence-electron chi connectivity index (χ4n) is 2.65. The van der Waals surface area contributed by atoms with Crippen molar-refractivity contribution in [2.75, 3.05) is 5.32 Å². The topological polar surface area (TPSA) is 79.9 Å². The second kappa shape index (κ2) is 7.38. The van der Waals surface area contributed by atoms with Crippen LogP contribution in [-0.2, 0) is 6.61 Å². The Balaban J connectivity index is 1.48. The molecule has 0 radical (unpaired) electrons. The highest BCUT2D eigenvalue weighted by Gasteiger charge is 2.17. The first kappa shape index (κ1) is 17.5. The van der Waals surface area contributed by atoms with Crippen molar-refractivity contribution in [3.05, 3.63) is 69.3 Å². The molecule has 0 unspecified atom stereocenters. The zero-order chi connectivity index (χ0) is 18.8. The quantitative estimate of drug-likeness (QED) is 0.505. The minimum atomic E-state index is -0.204. The van der Waals surface area contributed by atoms with Gasteiger partial charge in [0.1, 0.15) is 22.2 Å². The first-order valence-electron chi connectivity index (χ1n) is 8.18. The van der Waals surface area contributed by atoms with Gasteiger partial charge in [-0.25, -0.2) is 4.98 Å². The fraction of sp³-hybridized carbons (Fsp3) is 0.105. The molecule has 136 valence electrons. The standard InChI is InChI=1S/C19H15ClN4O2S/c1-11-18(19(25)23-15-4-2-3-12-9-21-24-17(12)15)27-16(22-11)10-26-14-7-5-13(20)6-8-14/h2-9H,10H2,1H3,(H,21,24)(H,23,25). The van der Waals surface area contributed by atoms with Gasteiger partial charge < -0.3 is 10.1 Å². The molecule has 0 spiro atoms. The molecule has 2 N–H and O–H groups in total. The van der Waals surface area contributed by atoms with Gasteiger partial charge in [0.05, 0.1) is 23.1 Å². The second-order valence-corrected chi connectivity index (χ2v) is 7.38. The van der Waals surface area contributed by atoms with Gasteiger partial charge >= 0.3 is 0 Å². The Morgan fingerprint density at radius 3 is 2.89 bits per heavy atom. The molecule has 4 rings (SSSR count). The number of rotatable bonds is 5. The second-order valence-electron chi connectivity index (χ2n) is 5.86. The molecule has 0 saturated carbocycles. The number of H-pyrrole nitrogens is 1. The maximum absolute atomic E-state index is 12.7.